The summed E-state index contributed by atoms with van der Waals surface area (Å²) < 4.78 is 19.8. The molecule has 6 nitrogen and oxygen atoms in total. The molecule has 2 N–H and O–H groups in total. The number of thiazole rings is 1. The lowest BCUT2D eigenvalue weighted by Crippen LogP contribution is -2.33. The summed E-state index contributed by atoms with van der Waals surface area (Å²) in [6.07, 6.45) is 1.64. The number of aromatic nitrogens is 1. The van der Waals surface area contributed by atoms with Crippen molar-refractivity contribution in [3.8, 4) is 0 Å². The van der Waals surface area contributed by atoms with Crippen molar-refractivity contribution in [3.05, 3.63) is 11.2 Å². The molecule has 4 atom stereocenters. The van der Waals surface area contributed by atoms with Gasteiger partial charge in [0.2, 0.25) is 0 Å². The first-order valence-corrected chi connectivity index (χ1v) is 9.07. The number of carbonyl (C=O) groups excluding carboxylic acids is 1. The zero-order valence-electron chi connectivity index (χ0n) is 13.4. The molecule has 1 heterocycles. The second-order valence-electron chi connectivity index (χ2n) is 6.82. The van der Waals surface area contributed by atoms with Gasteiger partial charge in [0.05, 0.1) is 6.20 Å². The molecule has 0 saturated heterocycles. The van der Waals surface area contributed by atoms with Crippen LogP contribution in [0.25, 0.3) is 0 Å². The first-order chi connectivity index (χ1) is 10.0. The fourth-order valence-electron chi connectivity index (χ4n) is 2.27. The fraction of sp³-hybridized carbons (Fsp3) is 0.714. The summed E-state index contributed by atoms with van der Waals surface area (Å²) in [5.74, 6) is 0.645. The van der Waals surface area contributed by atoms with Gasteiger partial charge in [-0.15, -0.1) is 11.3 Å². The van der Waals surface area contributed by atoms with Gasteiger partial charge >= 0.3 is 6.09 Å². The number of carbonyl (C=O) groups is 1. The van der Waals surface area contributed by atoms with Gasteiger partial charge in [0.15, 0.2) is 11.0 Å². The summed E-state index contributed by atoms with van der Waals surface area (Å²) in [6.45, 7) is 9.00. The number of hydrogen-bond donors (Lipinski definition) is 2. The number of rotatable bonds is 4. The molecule has 8 heteroatoms. The van der Waals surface area contributed by atoms with Gasteiger partial charge in [0.25, 0.3) is 0 Å². The average molecular weight is 346 g/mol. The summed E-state index contributed by atoms with van der Waals surface area (Å²) in [6, 6.07) is 0. The van der Waals surface area contributed by atoms with Crippen molar-refractivity contribution in [2.75, 3.05) is 0 Å². The lowest BCUT2D eigenvalue weighted by Gasteiger charge is -2.20. The van der Waals surface area contributed by atoms with Crippen LogP contribution in [0.1, 0.15) is 46.0 Å². The summed E-state index contributed by atoms with van der Waals surface area (Å²) in [5.41, 5.74) is -1.67. The Morgan fingerprint density at radius 2 is 2.09 bits per heavy atom. The Hall–Kier alpha value is -0.990. The van der Waals surface area contributed by atoms with Gasteiger partial charge in [-0.3, -0.25) is 0 Å². The van der Waals surface area contributed by atoms with E-state index in [1.54, 1.807) is 27.7 Å². The Kier molecular flexibility index (Phi) is 4.66. The van der Waals surface area contributed by atoms with E-state index in [9.17, 15) is 14.1 Å². The minimum Gasteiger partial charge on any atom is -0.443 e. The highest BCUT2D eigenvalue weighted by Crippen LogP contribution is 2.51. The Morgan fingerprint density at radius 3 is 2.59 bits per heavy atom. The monoisotopic (exact) mass is 346 g/mol. The maximum absolute atomic E-state index is 12.1. The van der Waals surface area contributed by atoms with Crippen LogP contribution in [-0.2, 0) is 21.3 Å². The molecule has 22 heavy (non-hydrogen) atoms. The van der Waals surface area contributed by atoms with Crippen LogP contribution in [0, 0.1) is 11.8 Å². The van der Waals surface area contributed by atoms with Crippen LogP contribution in [0.15, 0.2) is 10.4 Å². The van der Waals surface area contributed by atoms with E-state index in [1.165, 1.54) is 6.20 Å². The molecule has 0 bridgehead atoms. The third-order valence-corrected chi connectivity index (χ3v) is 6.05. The van der Waals surface area contributed by atoms with E-state index in [-0.39, 0.29) is 5.92 Å². The van der Waals surface area contributed by atoms with Crippen molar-refractivity contribution in [2.24, 2.45) is 11.8 Å². The Balaban J connectivity index is 2.02. The molecule has 3 unspecified atom stereocenters. The Morgan fingerprint density at radius 1 is 1.50 bits per heavy atom. The van der Waals surface area contributed by atoms with Gasteiger partial charge in [0, 0.05) is 0 Å². The highest BCUT2D eigenvalue weighted by molar-refractivity contribution is 7.86. The van der Waals surface area contributed by atoms with Crippen LogP contribution in [0.5, 0.6) is 0 Å². The van der Waals surface area contributed by atoms with Gasteiger partial charge in [-0.2, -0.15) is 0 Å². The molecule has 1 aromatic rings. The van der Waals surface area contributed by atoms with E-state index >= 15 is 0 Å². The number of nitrogens with zero attached hydrogens (tertiary/aromatic N) is 1. The molecule has 0 aliphatic heterocycles. The van der Waals surface area contributed by atoms with Gasteiger partial charge in [-0.1, -0.05) is 6.92 Å². The molecular formula is C14H22N2O4S2. The van der Waals surface area contributed by atoms with Crippen LogP contribution in [-0.4, -0.2) is 26.0 Å². The standard InChI is InChI=1S/C14H22N2O4S2/c1-8-6-9(8)14(5,18)11-15-7-10(21-11)22(19)16-12(17)20-13(2,3)4/h7-9,18H,6H2,1-5H3,(H,16,17)/t8?,9-,14?,22?/m1/s1. The zero-order valence-corrected chi connectivity index (χ0v) is 15.0. The van der Waals surface area contributed by atoms with Crippen molar-refractivity contribution in [1.29, 1.82) is 0 Å². The number of ether oxygens (including phenoxy) is 1. The summed E-state index contributed by atoms with van der Waals surface area (Å²) in [7, 11) is -1.74. The molecule has 0 aromatic carbocycles. The molecule has 2 rings (SSSR count). The van der Waals surface area contributed by atoms with E-state index in [1.807, 2.05) is 0 Å². The van der Waals surface area contributed by atoms with Crippen molar-refractivity contribution >= 4 is 28.4 Å². The van der Waals surface area contributed by atoms with Crippen LogP contribution in [0.2, 0.25) is 0 Å². The van der Waals surface area contributed by atoms with Gasteiger partial charge in [-0.25, -0.2) is 18.7 Å². The van der Waals surface area contributed by atoms with Crippen LogP contribution >= 0.6 is 11.3 Å². The first kappa shape index (κ1) is 17.4. The Bertz CT molecular complexity index is 592. The third kappa shape index (κ3) is 4.05. The topological polar surface area (TPSA) is 88.5 Å². The predicted octanol–water partition coefficient (Wildman–Crippen LogP) is 2.55. The van der Waals surface area contributed by atoms with E-state index in [0.717, 1.165) is 17.8 Å². The SMILES string of the molecule is CC1C[C@H]1C(C)(O)c1ncc(S(=O)NC(=O)OC(C)(C)C)s1. The molecule has 1 fully saturated rings. The average Bonchev–Trinajstić information content (AvgIpc) is 2.90. The number of nitrogens with one attached hydrogen (secondary N) is 1. The summed E-state index contributed by atoms with van der Waals surface area (Å²) in [4.78, 5) is 15.8. The highest BCUT2D eigenvalue weighted by atomic mass is 32.2. The minimum absolute atomic E-state index is 0.179. The predicted molar refractivity (Wildman–Crippen MR) is 84.7 cm³/mol. The van der Waals surface area contributed by atoms with E-state index in [2.05, 4.69) is 16.6 Å². The van der Waals surface area contributed by atoms with Crippen LogP contribution in [0.3, 0.4) is 0 Å². The minimum atomic E-state index is -1.74. The van der Waals surface area contributed by atoms with Crippen LogP contribution in [0.4, 0.5) is 4.79 Å². The van der Waals surface area contributed by atoms with Gasteiger partial charge < -0.3 is 9.84 Å². The highest BCUT2D eigenvalue weighted by Gasteiger charge is 2.49. The molecule has 1 aliphatic carbocycles. The molecule has 1 aliphatic rings. The number of hydrogen-bond acceptors (Lipinski definition) is 6. The fourth-order valence-corrected chi connectivity index (χ4v) is 4.13. The molecule has 1 amide bonds. The molecule has 0 spiro atoms. The Labute approximate surface area is 136 Å². The van der Waals surface area contributed by atoms with E-state index in [4.69, 9.17) is 4.74 Å². The zero-order chi connectivity index (χ0) is 16.7. The van der Waals surface area contributed by atoms with Crippen molar-refractivity contribution < 1.29 is 18.8 Å². The van der Waals surface area contributed by atoms with E-state index < -0.39 is 28.3 Å². The largest absolute Gasteiger partial charge is 0.443 e. The van der Waals surface area contributed by atoms with Crippen molar-refractivity contribution in [2.45, 2.75) is 56.5 Å². The normalized spacial score (nSPS) is 25.2. The lowest BCUT2D eigenvalue weighted by molar-refractivity contribution is 0.0280. The van der Waals surface area contributed by atoms with Crippen molar-refractivity contribution in [1.82, 2.24) is 9.71 Å². The molecule has 1 saturated carbocycles. The number of aliphatic hydroxyl groups is 1. The quantitative estimate of drug-likeness (QED) is 0.875. The molecule has 0 radical (unpaired) electrons. The van der Waals surface area contributed by atoms with Crippen LogP contribution < -0.4 is 4.72 Å². The maximum atomic E-state index is 12.1. The summed E-state index contributed by atoms with van der Waals surface area (Å²) in [5, 5.41) is 11.1. The van der Waals surface area contributed by atoms with E-state index in [0.29, 0.717) is 15.1 Å². The molecular weight excluding hydrogens is 324 g/mol. The number of amides is 1. The molecule has 1 aromatic heterocycles. The third-order valence-electron chi connectivity index (χ3n) is 3.51. The first-order valence-electron chi connectivity index (χ1n) is 7.11. The molecule has 124 valence electrons. The summed E-state index contributed by atoms with van der Waals surface area (Å²) >= 11 is 1.15. The second kappa shape index (κ2) is 5.90. The van der Waals surface area contributed by atoms with Gasteiger partial charge in [-0.05, 0) is 46.0 Å². The van der Waals surface area contributed by atoms with Gasteiger partial charge in [0.1, 0.15) is 20.4 Å². The maximum Gasteiger partial charge on any atom is 0.419 e. The second-order valence-corrected chi connectivity index (χ2v) is 9.29. The lowest BCUT2D eigenvalue weighted by atomic mass is 10.0. The smallest absolute Gasteiger partial charge is 0.419 e. The van der Waals surface area contributed by atoms with Crippen molar-refractivity contribution in [3.63, 3.8) is 0 Å².